The van der Waals surface area contributed by atoms with Crippen LogP contribution in [0.3, 0.4) is 0 Å². The molecule has 0 aliphatic carbocycles. The smallest absolute Gasteiger partial charge is 0.134 e. The van der Waals surface area contributed by atoms with E-state index in [4.69, 9.17) is 0 Å². The van der Waals surface area contributed by atoms with Crippen molar-refractivity contribution in [1.82, 2.24) is 9.97 Å². The highest BCUT2D eigenvalue weighted by Crippen LogP contribution is 2.23. The average molecular weight is 294 g/mol. The normalized spacial score (nSPS) is 14.0. The SMILES string of the molecule is CCCc1c(NCC)ncnc1NCC(C)(O)CC(C)C. The Morgan fingerprint density at radius 3 is 2.33 bits per heavy atom. The fraction of sp³-hybridized carbons (Fsp3) is 0.750. The van der Waals surface area contributed by atoms with Gasteiger partial charge in [-0.05, 0) is 32.6 Å². The summed E-state index contributed by atoms with van der Waals surface area (Å²) in [4.78, 5) is 8.66. The summed E-state index contributed by atoms with van der Waals surface area (Å²) in [7, 11) is 0. The van der Waals surface area contributed by atoms with Crippen molar-refractivity contribution in [1.29, 1.82) is 0 Å². The summed E-state index contributed by atoms with van der Waals surface area (Å²) in [5.41, 5.74) is 0.364. The van der Waals surface area contributed by atoms with Gasteiger partial charge in [0.15, 0.2) is 0 Å². The summed E-state index contributed by atoms with van der Waals surface area (Å²) in [5, 5.41) is 17.0. The Balaban J connectivity index is 2.84. The lowest BCUT2D eigenvalue weighted by Gasteiger charge is -2.26. The second-order valence-electron chi connectivity index (χ2n) is 6.28. The van der Waals surface area contributed by atoms with Crippen LogP contribution in [0.4, 0.5) is 11.6 Å². The van der Waals surface area contributed by atoms with Gasteiger partial charge in [0.05, 0.1) is 5.60 Å². The molecule has 1 rings (SSSR count). The van der Waals surface area contributed by atoms with Crippen molar-refractivity contribution in [2.75, 3.05) is 23.7 Å². The van der Waals surface area contributed by atoms with Crippen LogP contribution >= 0.6 is 0 Å². The molecule has 0 radical (unpaired) electrons. The Hall–Kier alpha value is -1.36. The number of aliphatic hydroxyl groups is 1. The molecule has 21 heavy (non-hydrogen) atoms. The van der Waals surface area contributed by atoms with Crippen LogP contribution in [0.15, 0.2) is 6.33 Å². The number of anilines is 2. The fourth-order valence-corrected chi connectivity index (χ4v) is 2.60. The molecule has 3 N–H and O–H groups in total. The van der Waals surface area contributed by atoms with Gasteiger partial charge in [0.1, 0.15) is 18.0 Å². The lowest BCUT2D eigenvalue weighted by molar-refractivity contribution is 0.0514. The number of rotatable bonds is 9. The highest BCUT2D eigenvalue weighted by Gasteiger charge is 2.22. The Morgan fingerprint density at radius 1 is 1.19 bits per heavy atom. The molecule has 0 bridgehead atoms. The quantitative estimate of drug-likeness (QED) is 0.653. The van der Waals surface area contributed by atoms with Crippen molar-refractivity contribution in [2.24, 2.45) is 5.92 Å². The van der Waals surface area contributed by atoms with Gasteiger partial charge < -0.3 is 15.7 Å². The molecule has 1 unspecified atom stereocenters. The van der Waals surface area contributed by atoms with Gasteiger partial charge in [0, 0.05) is 18.7 Å². The van der Waals surface area contributed by atoms with Gasteiger partial charge in [0.25, 0.3) is 0 Å². The molecule has 5 nitrogen and oxygen atoms in total. The number of hydrogen-bond donors (Lipinski definition) is 3. The van der Waals surface area contributed by atoms with Crippen molar-refractivity contribution in [3.05, 3.63) is 11.9 Å². The zero-order valence-corrected chi connectivity index (χ0v) is 14.0. The first kappa shape index (κ1) is 17.7. The van der Waals surface area contributed by atoms with Gasteiger partial charge in [-0.3, -0.25) is 0 Å². The molecule has 1 aromatic rings. The highest BCUT2D eigenvalue weighted by atomic mass is 16.3. The van der Waals surface area contributed by atoms with E-state index in [1.54, 1.807) is 6.33 Å². The molecule has 0 saturated carbocycles. The molecule has 5 heteroatoms. The van der Waals surface area contributed by atoms with E-state index < -0.39 is 5.60 Å². The summed E-state index contributed by atoms with van der Waals surface area (Å²) in [6, 6.07) is 0. The third-order valence-electron chi connectivity index (χ3n) is 3.27. The summed E-state index contributed by atoms with van der Waals surface area (Å²) in [5.74, 6) is 2.17. The van der Waals surface area contributed by atoms with Crippen LogP contribution in [0.2, 0.25) is 0 Å². The predicted octanol–water partition coefficient (Wildman–Crippen LogP) is 3.07. The van der Waals surface area contributed by atoms with Crippen LogP contribution in [-0.2, 0) is 6.42 Å². The van der Waals surface area contributed by atoms with E-state index in [1.807, 2.05) is 6.92 Å². The Kier molecular flexibility index (Phi) is 6.89. The van der Waals surface area contributed by atoms with Gasteiger partial charge in [-0.25, -0.2) is 9.97 Å². The van der Waals surface area contributed by atoms with E-state index in [0.717, 1.165) is 43.0 Å². The van der Waals surface area contributed by atoms with Gasteiger partial charge in [-0.1, -0.05) is 27.2 Å². The largest absolute Gasteiger partial charge is 0.388 e. The fourth-order valence-electron chi connectivity index (χ4n) is 2.60. The number of aromatic nitrogens is 2. The van der Waals surface area contributed by atoms with Gasteiger partial charge in [-0.2, -0.15) is 0 Å². The van der Waals surface area contributed by atoms with Gasteiger partial charge in [0.2, 0.25) is 0 Å². The predicted molar refractivity (Wildman–Crippen MR) is 88.8 cm³/mol. The minimum atomic E-state index is -0.735. The van der Waals surface area contributed by atoms with E-state index in [1.165, 1.54) is 0 Å². The molecule has 120 valence electrons. The maximum Gasteiger partial charge on any atom is 0.134 e. The van der Waals surface area contributed by atoms with Crippen LogP contribution in [0.5, 0.6) is 0 Å². The van der Waals surface area contributed by atoms with Crippen LogP contribution in [-0.4, -0.2) is 33.8 Å². The number of nitrogens with zero attached hydrogens (tertiary/aromatic N) is 2. The van der Waals surface area contributed by atoms with Gasteiger partial charge >= 0.3 is 0 Å². The molecule has 0 aliphatic rings. The van der Waals surface area contributed by atoms with Crippen molar-refractivity contribution in [3.8, 4) is 0 Å². The highest BCUT2D eigenvalue weighted by molar-refractivity contribution is 5.57. The molecule has 0 fully saturated rings. The standard InChI is InChI=1S/C16H30N4O/c1-6-8-13-14(17-7-2)19-11-20-15(13)18-10-16(5,21)9-12(3)4/h11-12,21H,6-10H2,1-5H3,(H2,17,18,19,20). The first-order chi connectivity index (χ1) is 9.89. The summed E-state index contributed by atoms with van der Waals surface area (Å²) < 4.78 is 0. The number of hydrogen-bond acceptors (Lipinski definition) is 5. The second-order valence-corrected chi connectivity index (χ2v) is 6.28. The minimum Gasteiger partial charge on any atom is -0.388 e. The summed E-state index contributed by atoms with van der Waals surface area (Å²) in [6.07, 6.45) is 4.27. The zero-order valence-electron chi connectivity index (χ0n) is 14.0. The molecular weight excluding hydrogens is 264 g/mol. The Labute approximate surface area is 128 Å². The number of nitrogens with one attached hydrogen (secondary N) is 2. The summed E-state index contributed by atoms with van der Waals surface area (Å²) >= 11 is 0. The maximum atomic E-state index is 10.4. The first-order valence-corrected chi connectivity index (χ1v) is 7.93. The lowest BCUT2D eigenvalue weighted by Crippen LogP contribution is -2.35. The molecule has 0 amide bonds. The van der Waals surface area contributed by atoms with E-state index in [0.29, 0.717) is 12.5 Å². The lowest BCUT2D eigenvalue weighted by atomic mass is 9.94. The summed E-state index contributed by atoms with van der Waals surface area (Å²) in [6.45, 7) is 11.6. The maximum absolute atomic E-state index is 10.4. The average Bonchev–Trinajstić information content (AvgIpc) is 2.38. The zero-order chi connectivity index (χ0) is 15.9. The Bertz CT molecular complexity index is 432. The molecule has 0 spiro atoms. The van der Waals surface area contributed by atoms with E-state index in [-0.39, 0.29) is 0 Å². The van der Waals surface area contributed by atoms with E-state index in [9.17, 15) is 5.11 Å². The molecule has 0 saturated heterocycles. The molecule has 0 aliphatic heterocycles. The van der Waals surface area contributed by atoms with Gasteiger partial charge in [-0.15, -0.1) is 0 Å². The molecule has 1 aromatic heterocycles. The third kappa shape index (κ3) is 5.87. The molecular formula is C16H30N4O. The van der Waals surface area contributed by atoms with Crippen LogP contribution < -0.4 is 10.6 Å². The van der Waals surface area contributed by atoms with Crippen molar-refractivity contribution in [3.63, 3.8) is 0 Å². The third-order valence-corrected chi connectivity index (χ3v) is 3.27. The van der Waals surface area contributed by atoms with E-state index in [2.05, 4.69) is 48.3 Å². The molecule has 1 atom stereocenters. The molecule has 0 aromatic carbocycles. The van der Waals surface area contributed by atoms with Crippen molar-refractivity contribution in [2.45, 2.75) is 59.5 Å². The van der Waals surface area contributed by atoms with Crippen molar-refractivity contribution < 1.29 is 5.11 Å². The van der Waals surface area contributed by atoms with Crippen molar-refractivity contribution >= 4 is 11.6 Å². The Morgan fingerprint density at radius 2 is 1.81 bits per heavy atom. The monoisotopic (exact) mass is 294 g/mol. The second kappa shape index (κ2) is 8.17. The minimum absolute atomic E-state index is 0.458. The van der Waals surface area contributed by atoms with Crippen LogP contribution in [0, 0.1) is 5.92 Å². The first-order valence-electron chi connectivity index (χ1n) is 7.93. The molecule has 1 heterocycles. The van der Waals surface area contributed by atoms with E-state index >= 15 is 0 Å². The van der Waals surface area contributed by atoms with Crippen LogP contribution in [0.1, 0.15) is 53.0 Å². The topological polar surface area (TPSA) is 70.1 Å². The van der Waals surface area contributed by atoms with Crippen LogP contribution in [0.25, 0.3) is 0 Å².